The van der Waals surface area contributed by atoms with Crippen LogP contribution in [0.25, 0.3) is 0 Å². The van der Waals surface area contributed by atoms with Crippen molar-refractivity contribution in [3.05, 3.63) is 41.6 Å². The molecule has 2 aromatic heterocycles. The van der Waals surface area contributed by atoms with Crippen LogP contribution in [0.5, 0.6) is 0 Å². The maximum Gasteiger partial charge on any atom is 0.374 e. The molecule has 2 unspecified atom stereocenters. The normalized spacial score (nSPS) is 13.9. The number of rotatable bonds is 6. The molecule has 21 heavy (non-hydrogen) atoms. The predicted molar refractivity (Wildman–Crippen MR) is 78.0 cm³/mol. The fourth-order valence-electron chi connectivity index (χ4n) is 2.27. The third-order valence-corrected chi connectivity index (χ3v) is 3.29. The molecule has 6 heteroatoms. The Morgan fingerprint density at radius 3 is 2.90 bits per heavy atom. The first-order valence-corrected chi connectivity index (χ1v) is 6.93. The van der Waals surface area contributed by atoms with Crippen LogP contribution in [0.15, 0.2) is 28.9 Å². The zero-order valence-electron chi connectivity index (χ0n) is 12.8. The number of hydrogen-bond acceptors (Lipinski definition) is 5. The van der Waals surface area contributed by atoms with Gasteiger partial charge in [0.1, 0.15) is 5.76 Å². The van der Waals surface area contributed by atoms with Crippen LogP contribution in [0, 0.1) is 6.92 Å². The molecule has 114 valence electrons. The molecule has 2 atom stereocenters. The molecule has 1 N–H and O–H groups in total. The number of carbonyl (C=O) groups excluding carboxylic acids is 1. The molecule has 0 bridgehead atoms. The van der Waals surface area contributed by atoms with Gasteiger partial charge in [-0.05, 0) is 32.9 Å². The molecule has 0 radical (unpaired) electrons. The fourth-order valence-corrected chi connectivity index (χ4v) is 2.27. The van der Waals surface area contributed by atoms with Gasteiger partial charge in [0.25, 0.3) is 0 Å². The van der Waals surface area contributed by atoms with Crippen LogP contribution in [0.3, 0.4) is 0 Å². The molecule has 0 fully saturated rings. The molecule has 0 amide bonds. The number of nitrogens with one attached hydrogen (secondary N) is 1. The minimum atomic E-state index is -0.449. The average molecular weight is 291 g/mol. The first-order valence-electron chi connectivity index (χ1n) is 6.93. The van der Waals surface area contributed by atoms with Gasteiger partial charge in [-0.3, -0.25) is 4.68 Å². The number of methoxy groups -OCH3 is 1. The van der Waals surface area contributed by atoms with Crippen molar-refractivity contribution < 1.29 is 13.9 Å². The van der Waals surface area contributed by atoms with E-state index in [1.807, 2.05) is 36.9 Å². The third kappa shape index (κ3) is 3.72. The van der Waals surface area contributed by atoms with Gasteiger partial charge < -0.3 is 14.5 Å². The average Bonchev–Trinajstić information content (AvgIpc) is 3.07. The lowest BCUT2D eigenvalue weighted by atomic mass is 10.2. The largest absolute Gasteiger partial charge is 0.463 e. The van der Waals surface area contributed by atoms with E-state index in [0.717, 1.165) is 17.9 Å². The maximum atomic E-state index is 11.6. The Kier molecular flexibility index (Phi) is 4.80. The van der Waals surface area contributed by atoms with Crippen LogP contribution >= 0.6 is 0 Å². The Bertz CT molecular complexity index is 589. The molecule has 0 saturated heterocycles. The van der Waals surface area contributed by atoms with Gasteiger partial charge in [0.05, 0.1) is 19.7 Å². The van der Waals surface area contributed by atoms with Crippen molar-refractivity contribution in [3.63, 3.8) is 0 Å². The van der Waals surface area contributed by atoms with E-state index in [9.17, 15) is 4.79 Å². The molecule has 6 nitrogen and oxygen atoms in total. The minimum absolute atomic E-state index is 0.00679. The van der Waals surface area contributed by atoms with Crippen molar-refractivity contribution in [2.24, 2.45) is 0 Å². The van der Waals surface area contributed by atoms with E-state index in [1.54, 1.807) is 6.20 Å². The highest BCUT2D eigenvalue weighted by molar-refractivity contribution is 5.87. The Morgan fingerprint density at radius 1 is 1.52 bits per heavy atom. The molecule has 0 aliphatic heterocycles. The van der Waals surface area contributed by atoms with Gasteiger partial charge in [-0.25, -0.2) is 4.79 Å². The number of ether oxygens (including phenoxy) is 1. The molecular weight excluding hydrogens is 270 g/mol. The van der Waals surface area contributed by atoms with Crippen LogP contribution in [-0.2, 0) is 11.3 Å². The van der Waals surface area contributed by atoms with Gasteiger partial charge in [0, 0.05) is 24.0 Å². The number of carbonyl (C=O) groups is 1. The van der Waals surface area contributed by atoms with E-state index in [1.165, 1.54) is 7.11 Å². The molecule has 0 aliphatic rings. The predicted octanol–water partition coefficient (Wildman–Crippen LogP) is 2.31. The topological polar surface area (TPSA) is 69.3 Å². The number of esters is 1. The standard InChI is InChI=1S/C15H21N3O3/c1-10-8-13(21-14(10)15(19)20-4)12(3)17-11(2)9-18-7-5-6-16-18/h5-8,11-12,17H,9H2,1-4H3. The van der Waals surface area contributed by atoms with Gasteiger partial charge in [-0.2, -0.15) is 5.10 Å². The summed E-state index contributed by atoms with van der Waals surface area (Å²) in [4.78, 5) is 11.6. The second-order valence-electron chi connectivity index (χ2n) is 5.17. The minimum Gasteiger partial charge on any atom is -0.463 e. The van der Waals surface area contributed by atoms with Crippen molar-refractivity contribution in [1.82, 2.24) is 15.1 Å². The zero-order chi connectivity index (χ0) is 15.4. The van der Waals surface area contributed by atoms with Crippen molar-refractivity contribution in [3.8, 4) is 0 Å². The lowest BCUT2D eigenvalue weighted by Gasteiger charge is -2.18. The molecule has 0 aliphatic carbocycles. The van der Waals surface area contributed by atoms with Gasteiger partial charge in [0.2, 0.25) is 5.76 Å². The van der Waals surface area contributed by atoms with E-state index < -0.39 is 5.97 Å². The quantitative estimate of drug-likeness (QED) is 0.827. The summed E-state index contributed by atoms with van der Waals surface area (Å²) in [6, 6.07) is 3.97. The third-order valence-electron chi connectivity index (χ3n) is 3.29. The highest BCUT2D eigenvalue weighted by Gasteiger charge is 2.20. The highest BCUT2D eigenvalue weighted by Crippen LogP contribution is 2.21. The lowest BCUT2D eigenvalue weighted by molar-refractivity contribution is 0.0561. The Morgan fingerprint density at radius 2 is 2.29 bits per heavy atom. The number of hydrogen-bond donors (Lipinski definition) is 1. The second-order valence-corrected chi connectivity index (χ2v) is 5.17. The monoisotopic (exact) mass is 291 g/mol. The number of aryl methyl sites for hydroxylation is 1. The number of nitrogens with zero attached hydrogens (tertiary/aromatic N) is 2. The van der Waals surface area contributed by atoms with Gasteiger partial charge in [0.15, 0.2) is 0 Å². The van der Waals surface area contributed by atoms with E-state index in [-0.39, 0.29) is 17.8 Å². The highest BCUT2D eigenvalue weighted by atomic mass is 16.5. The van der Waals surface area contributed by atoms with Crippen LogP contribution in [0.4, 0.5) is 0 Å². The second kappa shape index (κ2) is 6.58. The number of furan rings is 1. The van der Waals surface area contributed by atoms with Crippen molar-refractivity contribution >= 4 is 5.97 Å². The molecule has 0 saturated carbocycles. The van der Waals surface area contributed by atoms with E-state index in [2.05, 4.69) is 17.3 Å². The van der Waals surface area contributed by atoms with Crippen molar-refractivity contribution in [1.29, 1.82) is 0 Å². The fraction of sp³-hybridized carbons (Fsp3) is 0.467. The van der Waals surface area contributed by atoms with E-state index in [4.69, 9.17) is 9.15 Å². The molecule has 2 aromatic rings. The van der Waals surface area contributed by atoms with Crippen LogP contribution < -0.4 is 5.32 Å². The summed E-state index contributed by atoms with van der Waals surface area (Å²) >= 11 is 0. The lowest BCUT2D eigenvalue weighted by Crippen LogP contribution is -2.32. The summed E-state index contributed by atoms with van der Waals surface area (Å²) in [5.74, 6) is 0.539. The van der Waals surface area contributed by atoms with E-state index >= 15 is 0 Å². The first-order chi connectivity index (χ1) is 10.0. The zero-order valence-corrected chi connectivity index (χ0v) is 12.8. The molecular formula is C15H21N3O3. The summed E-state index contributed by atoms with van der Waals surface area (Å²) < 4.78 is 12.2. The van der Waals surface area contributed by atoms with E-state index in [0.29, 0.717) is 0 Å². The summed E-state index contributed by atoms with van der Waals surface area (Å²) in [7, 11) is 1.35. The maximum absolute atomic E-state index is 11.6. The molecule has 2 heterocycles. The SMILES string of the molecule is COC(=O)c1oc(C(C)NC(C)Cn2cccn2)cc1C. The Labute approximate surface area is 124 Å². The number of aromatic nitrogens is 2. The van der Waals surface area contributed by atoms with Crippen molar-refractivity contribution in [2.45, 2.75) is 39.4 Å². The van der Waals surface area contributed by atoms with Crippen LogP contribution in [0.1, 0.15) is 41.8 Å². The summed E-state index contributed by atoms with van der Waals surface area (Å²) in [6.45, 7) is 6.67. The molecule has 0 spiro atoms. The molecule has 2 rings (SSSR count). The van der Waals surface area contributed by atoms with Crippen LogP contribution in [-0.4, -0.2) is 28.9 Å². The molecule has 0 aromatic carbocycles. The summed E-state index contributed by atoms with van der Waals surface area (Å²) in [5, 5.41) is 7.61. The Balaban J connectivity index is 1.99. The van der Waals surface area contributed by atoms with Crippen LogP contribution in [0.2, 0.25) is 0 Å². The van der Waals surface area contributed by atoms with Crippen molar-refractivity contribution in [2.75, 3.05) is 7.11 Å². The Hall–Kier alpha value is -2.08. The van der Waals surface area contributed by atoms with Gasteiger partial charge >= 0.3 is 5.97 Å². The smallest absolute Gasteiger partial charge is 0.374 e. The van der Waals surface area contributed by atoms with Gasteiger partial charge in [-0.1, -0.05) is 0 Å². The van der Waals surface area contributed by atoms with Gasteiger partial charge in [-0.15, -0.1) is 0 Å². The summed E-state index contributed by atoms with van der Waals surface area (Å²) in [6.07, 6.45) is 3.68. The summed E-state index contributed by atoms with van der Waals surface area (Å²) in [5.41, 5.74) is 0.783. The first kappa shape index (κ1) is 15.3.